The van der Waals surface area contributed by atoms with Gasteiger partial charge in [-0.1, -0.05) is 0 Å². The lowest BCUT2D eigenvalue weighted by Crippen LogP contribution is -2.60. The van der Waals surface area contributed by atoms with Gasteiger partial charge in [0.15, 0.2) is 5.96 Å². The van der Waals surface area contributed by atoms with Gasteiger partial charge in [0.25, 0.3) is 0 Å². The summed E-state index contributed by atoms with van der Waals surface area (Å²) in [6.45, 7) is 1.56. The van der Waals surface area contributed by atoms with E-state index < -0.39 is 54.0 Å². The van der Waals surface area contributed by atoms with Gasteiger partial charge in [0.05, 0.1) is 18.5 Å². The molecule has 0 aliphatic heterocycles. The third-order valence-corrected chi connectivity index (χ3v) is 5.85. The highest BCUT2D eigenvalue weighted by atomic mass is 32.2. The molecule has 1 aromatic rings. The van der Waals surface area contributed by atoms with Gasteiger partial charge in [0.1, 0.15) is 18.1 Å². The predicted molar refractivity (Wildman–Crippen MR) is 138 cm³/mol. The zero-order valence-electron chi connectivity index (χ0n) is 20.8. The molecule has 37 heavy (non-hydrogen) atoms. The number of carbonyl (C=O) groups excluding carboxylic acids is 3. The van der Waals surface area contributed by atoms with Gasteiger partial charge >= 0.3 is 5.97 Å². The van der Waals surface area contributed by atoms with Crippen LogP contribution in [0.4, 0.5) is 0 Å². The highest BCUT2D eigenvalue weighted by molar-refractivity contribution is 7.98. The average Bonchev–Trinajstić information content (AvgIpc) is 3.34. The molecule has 0 spiro atoms. The van der Waals surface area contributed by atoms with Crippen LogP contribution in [0.2, 0.25) is 0 Å². The predicted octanol–water partition coefficient (Wildman–Crippen LogP) is -2.99. The van der Waals surface area contributed by atoms with Crippen molar-refractivity contribution in [3.63, 3.8) is 0 Å². The largest absolute Gasteiger partial charge is 0.480 e. The minimum absolute atomic E-state index is 0.0444. The summed E-state index contributed by atoms with van der Waals surface area (Å²) in [5.74, 6) is -3.09. The Kier molecular flexibility index (Phi) is 14.0. The molecule has 0 saturated heterocycles. The van der Waals surface area contributed by atoms with E-state index in [-0.39, 0.29) is 31.8 Å². The first-order chi connectivity index (χ1) is 17.5. The highest BCUT2D eigenvalue weighted by Crippen LogP contribution is 2.06. The summed E-state index contributed by atoms with van der Waals surface area (Å²) in [4.78, 5) is 60.6. The fourth-order valence-electron chi connectivity index (χ4n) is 3.17. The van der Waals surface area contributed by atoms with Crippen molar-refractivity contribution in [2.45, 2.75) is 62.9 Å². The zero-order valence-corrected chi connectivity index (χ0v) is 21.7. The summed E-state index contributed by atoms with van der Waals surface area (Å²) in [5.41, 5.74) is 16.9. The molecule has 0 aliphatic rings. The van der Waals surface area contributed by atoms with Gasteiger partial charge in [-0.15, -0.1) is 0 Å². The minimum atomic E-state index is -1.43. The van der Waals surface area contributed by atoms with Crippen LogP contribution in [-0.2, 0) is 25.6 Å². The smallest absolute Gasteiger partial charge is 0.326 e. The second-order valence-electron chi connectivity index (χ2n) is 8.31. The summed E-state index contributed by atoms with van der Waals surface area (Å²) in [7, 11) is 0. The number of aromatic nitrogens is 2. The van der Waals surface area contributed by atoms with Crippen LogP contribution in [0.1, 0.15) is 31.9 Å². The number of aliphatic hydroxyl groups is 1. The number of aliphatic imine (C=N–C) groups is 1. The van der Waals surface area contributed by atoms with Crippen molar-refractivity contribution < 1.29 is 29.4 Å². The number of guanidine groups is 1. The minimum Gasteiger partial charge on any atom is -0.480 e. The number of hydrogen-bond donors (Lipinski definition) is 9. The third kappa shape index (κ3) is 11.9. The number of imidazole rings is 1. The van der Waals surface area contributed by atoms with Crippen LogP contribution in [-0.4, -0.2) is 98.7 Å². The van der Waals surface area contributed by atoms with Crippen LogP contribution < -0.4 is 33.2 Å². The molecular weight excluding hydrogens is 506 g/mol. The quantitative estimate of drug-likeness (QED) is 0.0543. The number of nitrogens with zero attached hydrogens (tertiary/aromatic N) is 2. The van der Waals surface area contributed by atoms with Crippen molar-refractivity contribution in [3.05, 3.63) is 18.2 Å². The lowest BCUT2D eigenvalue weighted by molar-refractivity contribution is -0.142. The van der Waals surface area contributed by atoms with E-state index in [1.54, 1.807) is 0 Å². The Morgan fingerprint density at radius 3 is 2.32 bits per heavy atom. The van der Waals surface area contributed by atoms with Gasteiger partial charge in [0.2, 0.25) is 17.7 Å². The average molecular weight is 544 g/mol. The number of carboxylic acids is 1. The summed E-state index contributed by atoms with van der Waals surface area (Å²) in [5, 5.41) is 26.9. The van der Waals surface area contributed by atoms with Crippen molar-refractivity contribution in [2.24, 2.45) is 22.2 Å². The van der Waals surface area contributed by atoms with Crippen LogP contribution in [0.15, 0.2) is 17.5 Å². The molecule has 1 heterocycles. The molecule has 3 amide bonds. The van der Waals surface area contributed by atoms with Crippen LogP contribution in [0, 0.1) is 0 Å². The van der Waals surface area contributed by atoms with E-state index in [9.17, 15) is 29.4 Å². The molecule has 0 bridgehead atoms. The number of carboxylic acid groups (broad SMARTS) is 1. The van der Waals surface area contributed by atoms with Crippen molar-refractivity contribution in [1.29, 1.82) is 0 Å². The molecule has 0 radical (unpaired) electrons. The molecule has 12 N–H and O–H groups in total. The molecule has 0 aliphatic carbocycles. The number of rotatable bonds is 17. The van der Waals surface area contributed by atoms with E-state index in [0.29, 0.717) is 17.9 Å². The number of aliphatic carboxylic acids is 1. The van der Waals surface area contributed by atoms with E-state index in [1.165, 1.54) is 31.2 Å². The lowest BCUT2D eigenvalue weighted by Gasteiger charge is -2.26. The number of amides is 3. The number of H-pyrrole nitrogens is 1. The fraction of sp³-hybridized carbons (Fsp3) is 0.619. The van der Waals surface area contributed by atoms with E-state index in [0.717, 1.165) is 0 Å². The Hall–Kier alpha value is -3.37. The van der Waals surface area contributed by atoms with E-state index in [1.807, 2.05) is 6.26 Å². The molecule has 16 heteroatoms. The maximum atomic E-state index is 13.0. The first-order valence-corrected chi connectivity index (χ1v) is 12.9. The lowest BCUT2D eigenvalue weighted by atomic mass is 10.1. The number of aliphatic hydroxyl groups excluding tert-OH is 1. The van der Waals surface area contributed by atoms with Crippen molar-refractivity contribution in [3.8, 4) is 0 Å². The summed E-state index contributed by atoms with van der Waals surface area (Å²) in [6, 6.07) is -4.82. The molecule has 0 aromatic carbocycles. The molecular formula is C21H37N9O6S. The second kappa shape index (κ2) is 16.4. The first-order valence-electron chi connectivity index (χ1n) is 11.5. The Balaban J connectivity index is 2.93. The Labute approximate surface area is 218 Å². The SMILES string of the molecule is CSCCC(NC(=O)C(Cc1cnc[nH]1)NC(=O)C(NC(=O)C(N)CCCN=C(N)N)C(C)O)C(=O)O. The summed E-state index contributed by atoms with van der Waals surface area (Å²) in [6.07, 6.45) is 4.07. The van der Waals surface area contributed by atoms with Gasteiger partial charge in [-0.2, -0.15) is 11.8 Å². The summed E-state index contributed by atoms with van der Waals surface area (Å²) >= 11 is 1.43. The third-order valence-electron chi connectivity index (χ3n) is 5.20. The molecule has 208 valence electrons. The number of thioether (sulfide) groups is 1. The molecule has 1 aromatic heterocycles. The number of nitrogens with two attached hydrogens (primary N) is 3. The normalized spacial score (nSPS) is 14.9. The molecule has 0 saturated carbocycles. The van der Waals surface area contributed by atoms with Gasteiger partial charge in [0, 0.05) is 24.9 Å². The highest BCUT2D eigenvalue weighted by Gasteiger charge is 2.32. The standard InChI is InChI=1S/C21H37N9O6S/c1-11(31)16(30-17(32)13(22)4-3-6-26-21(23)24)19(34)29-15(8-12-9-25-10-27-12)18(33)28-14(20(35)36)5-7-37-2/h9-11,13-16,31H,3-8,22H2,1-2H3,(H,25,27)(H,28,33)(H,29,34)(H,30,32)(H,35,36)(H4,23,24,26). The van der Waals surface area contributed by atoms with E-state index in [2.05, 4.69) is 30.9 Å². The Bertz CT molecular complexity index is 908. The van der Waals surface area contributed by atoms with Crippen molar-refractivity contribution in [2.75, 3.05) is 18.6 Å². The van der Waals surface area contributed by atoms with Gasteiger partial charge in [-0.25, -0.2) is 9.78 Å². The molecule has 15 nitrogen and oxygen atoms in total. The number of nitrogens with one attached hydrogen (secondary N) is 4. The molecule has 1 rings (SSSR count). The monoisotopic (exact) mass is 543 g/mol. The fourth-order valence-corrected chi connectivity index (χ4v) is 3.64. The van der Waals surface area contributed by atoms with Gasteiger partial charge in [-0.3, -0.25) is 19.4 Å². The zero-order chi connectivity index (χ0) is 28.0. The van der Waals surface area contributed by atoms with Gasteiger partial charge < -0.3 is 48.3 Å². The molecule has 5 atom stereocenters. The second-order valence-corrected chi connectivity index (χ2v) is 9.29. The van der Waals surface area contributed by atoms with E-state index in [4.69, 9.17) is 17.2 Å². The number of hydrogen-bond acceptors (Lipinski definition) is 9. The van der Waals surface area contributed by atoms with Crippen LogP contribution >= 0.6 is 11.8 Å². The molecule has 0 fully saturated rings. The first kappa shape index (κ1) is 31.7. The van der Waals surface area contributed by atoms with Crippen LogP contribution in [0.25, 0.3) is 0 Å². The summed E-state index contributed by atoms with van der Waals surface area (Å²) < 4.78 is 0. The van der Waals surface area contributed by atoms with Crippen LogP contribution in [0.5, 0.6) is 0 Å². The van der Waals surface area contributed by atoms with E-state index >= 15 is 0 Å². The maximum absolute atomic E-state index is 13.0. The van der Waals surface area contributed by atoms with Crippen molar-refractivity contribution >= 4 is 41.4 Å². The number of aromatic amines is 1. The Morgan fingerprint density at radius 2 is 1.78 bits per heavy atom. The molecule has 5 unspecified atom stereocenters. The van der Waals surface area contributed by atoms with Crippen LogP contribution in [0.3, 0.4) is 0 Å². The maximum Gasteiger partial charge on any atom is 0.326 e. The topological polar surface area (TPSA) is 264 Å². The van der Waals surface area contributed by atoms with Gasteiger partial charge in [-0.05, 0) is 38.2 Å². The Morgan fingerprint density at radius 1 is 1.11 bits per heavy atom. The number of carbonyl (C=O) groups is 4. The van der Waals surface area contributed by atoms with Crippen molar-refractivity contribution in [1.82, 2.24) is 25.9 Å².